The molecule has 1 heteroatoms. The molecular weight excluding hydrogens is 338 g/mol. The standard InChI is InChI=1S/C27H50N/c1-3-5-7-9-11-12-13-14-15-16-17-19-23-27-24-20-22-26-28(27)25-21-18-10-8-6-4-2/h20,22,24,26H,3-19,21,23,25H2,1-2H3/q+1. The van der Waals surface area contributed by atoms with Gasteiger partial charge in [0.05, 0.1) is 0 Å². The summed E-state index contributed by atoms with van der Waals surface area (Å²) in [6, 6.07) is 6.76. The van der Waals surface area contributed by atoms with Gasteiger partial charge in [0.25, 0.3) is 0 Å². The van der Waals surface area contributed by atoms with Gasteiger partial charge in [-0.05, 0) is 12.8 Å². The van der Waals surface area contributed by atoms with Crippen molar-refractivity contribution in [2.75, 3.05) is 0 Å². The van der Waals surface area contributed by atoms with Gasteiger partial charge in [0.1, 0.15) is 6.54 Å². The summed E-state index contributed by atoms with van der Waals surface area (Å²) in [5, 5.41) is 0. The molecule has 0 fully saturated rings. The highest BCUT2D eigenvalue weighted by molar-refractivity contribution is 4.97. The molecule has 0 aliphatic rings. The van der Waals surface area contributed by atoms with Crippen LogP contribution in [0, 0.1) is 0 Å². The number of unbranched alkanes of at least 4 members (excludes halogenated alkanes) is 16. The molecule has 0 unspecified atom stereocenters. The van der Waals surface area contributed by atoms with Crippen LogP contribution in [0.5, 0.6) is 0 Å². The summed E-state index contributed by atoms with van der Waals surface area (Å²) in [5.74, 6) is 0. The highest BCUT2D eigenvalue weighted by atomic mass is 14.9. The van der Waals surface area contributed by atoms with Gasteiger partial charge in [0, 0.05) is 25.0 Å². The Balaban J connectivity index is 2.01. The van der Waals surface area contributed by atoms with E-state index in [1.54, 1.807) is 5.69 Å². The van der Waals surface area contributed by atoms with Crippen LogP contribution >= 0.6 is 0 Å². The van der Waals surface area contributed by atoms with E-state index in [1.165, 1.54) is 129 Å². The Kier molecular flexibility index (Phi) is 17.5. The summed E-state index contributed by atoms with van der Waals surface area (Å²) in [7, 11) is 0. The van der Waals surface area contributed by atoms with Crippen molar-refractivity contribution in [1.29, 1.82) is 0 Å². The lowest BCUT2D eigenvalue weighted by atomic mass is 10.0. The number of nitrogens with zero attached hydrogens (tertiary/aromatic N) is 1. The fraction of sp³-hybridized carbons (Fsp3) is 0.815. The lowest BCUT2D eigenvalue weighted by Crippen LogP contribution is -2.37. The molecule has 1 heterocycles. The molecule has 0 saturated carbocycles. The second kappa shape index (κ2) is 19.5. The van der Waals surface area contributed by atoms with Gasteiger partial charge in [-0.15, -0.1) is 0 Å². The normalized spacial score (nSPS) is 11.2. The molecule has 0 radical (unpaired) electrons. The molecule has 1 rings (SSSR count). The number of pyridine rings is 1. The minimum absolute atomic E-state index is 1.21. The fourth-order valence-corrected chi connectivity index (χ4v) is 4.17. The molecule has 0 bridgehead atoms. The van der Waals surface area contributed by atoms with Crippen LogP contribution < -0.4 is 4.57 Å². The topological polar surface area (TPSA) is 3.88 Å². The van der Waals surface area contributed by atoms with Crippen LogP contribution in [-0.4, -0.2) is 0 Å². The monoisotopic (exact) mass is 388 g/mol. The molecular formula is C27H50N+. The second-order valence-corrected chi connectivity index (χ2v) is 8.79. The van der Waals surface area contributed by atoms with E-state index in [4.69, 9.17) is 0 Å². The third kappa shape index (κ3) is 14.2. The number of aryl methyl sites for hydroxylation is 2. The van der Waals surface area contributed by atoms with Crippen LogP contribution in [-0.2, 0) is 13.0 Å². The van der Waals surface area contributed by atoms with Gasteiger partial charge in [-0.1, -0.05) is 116 Å². The molecule has 0 spiro atoms. The smallest absolute Gasteiger partial charge is 0.181 e. The van der Waals surface area contributed by atoms with Gasteiger partial charge in [0.15, 0.2) is 11.9 Å². The Bertz CT molecular complexity index is 440. The molecule has 0 aromatic carbocycles. The van der Waals surface area contributed by atoms with E-state index in [2.05, 4.69) is 42.8 Å². The zero-order chi connectivity index (χ0) is 20.1. The van der Waals surface area contributed by atoms with Gasteiger partial charge in [-0.3, -0.25) is 0 Å². The first-order valence-corrected chi connectivity index (χ1v) is 12.9. The summed E-state index contributed by atoms with van der Waals surface area (Å²) >= 11 is 0. The Hall–Kier alpha value is -0.850. The van der Waals surface area contributed by atoms with Crippen molar-refractivity contribution < 1.29 is 4.57 Å². The van der Waals surface area contributed by atoms with E-state index in [-0.39, 0.29) is 0 Å². The number of aromatic nitrogens is 1. The lowest BCUT2D eigenvalue weighted by Gasteiger charge is -2.05. The number of rotatable bonds is 20. The first-order chi connectivity index (χ1) is 13.9. The van der Waals surface area contributed by atoms with Crippen molar-refractivity contribution in [2.24, 2.45) is 0 Å². The van der Waals surface area contributed by atoms with E-state index in [0.29, 0.717) is 0 Å². The maximum absolute atomic E-state index is 2.51. The van der Waals surface area contributed by atoms with E-state index >= 15 is 0 Å². The summed E-state index contributed by atoms with van der Waals surface area (Å²) in [5.41, 5.74) is 1.54. The molecule has 0 aliphatic carbocycles. The minimum Gasteiger partial charge on any atom is -0.202 e. The predicted octanol–water partition coefficient (Wildman–Crippen LogP) is 8.58. The Morgan fingerprint density at radius 2 is 1.00 bits per heavy atom. The predicted molar refractivity (Wildman–Crippen MR) is 125 cm³/mol. The quantitative estimate of drug-likeness (QED) is 0.155. The molecule has 1 nitrogen and oxygen atoms in total. The maximum atomic E-state index is 2.51. The first kappa shape index (κ1) is 25.2. The lowest BCUT2D eigenvalue weighted by molar-refractivity contribution is -0.704. The minimum atomic E-state index is 1.21. The van der Waals surface area contributed by atoms with Crippen molar-refractivity contribution in [1.82, 2.24) is 0 Å². The molecule has 0 aliphatic heterocycles. The zero-order valence-electron chi connectivity index (χ0n) is 19.4. The largest absolute Gasteiger partial charge is 0.202 e. The molecule has 28 heavy (non-hydrogen) atoms. The second-order valence-electron chi connectivity index (χ2n) is 8.79. The summed E-state index contributed by atoms with van der Waals surface area (Å²) < 4.78 is 2.51. The molecule has 0 saturated heterocycles. The van der Waals surface area contributed by atoms with Crippen molar-refractivity contribution in [3.8, 4) is 0 Å². The fourth-order valence-electron chi connectivity index (χ4n) is 4.17. The number of hydrogen-bond donors (Lipinski definition) is 0. The SMILES string of the molecule is CCCCCCCCCCCCCCc1cccc[n+]1CCCCCCCC. The van der Waals surface area contributed by atoms with Crippen LogP contribution in [0.4, 0.5) is 0 Å². The van der Waals surface area contributed by atoms with Crippen LogP contribution in [0.2, 0.25) is 0 Å². The van der Waals surface area contributed by atoms with Gasteiger partial charge in [-0.2, -0.15) is 0 Å². The zero-order valence-corrected chi connectivity index (χ0v) is 19.4. The van der Waals surface area contributed by atoms with Gasteiger partial charge >= 0.3 is 0 Å². The Morgan fingerprint density at radius 3 is 1.54 bits per heavy atom. The molecule has 1 aromatic heterocycles. The van der Waals surface area contributed by atoms with E-state index < -0.39 is 0 Å². The van der Waals surface area contributed by atoms with Crippen LogP contribution in [0.25, 0.3) is 0 Å². The molecule has 0 atom stereocenters. The Labute approximate surface area is 177 Å². The van der Waals surface area contributed by atoms with Crippen LogP contribution in [0.15, 0.2) is 24.4 Å². The molecule has 162 valence electrons. The highest BCUT2D eigenvalue weighted by Gasteiger charge is 2.08. The maximum Gasteiger partial charge on any atom is 0.181 e. The molecule has 0 N–H and O–H groups in total. The summed E-state index contributed by atoms with van der Waals surface area (Å²) in [4.78, 5) is 0. The number of hydrogen-bond acceptors (Lipinski definition) is 0. The molecule has 0 amide bonds. The van der Waals surface area contributed by atoms with Gasteiger partial charge in [-0.25, -0.2) is 4.57 Å². The third-order valence-corrected chi connectivity index (χ3v) is 6.07. The van der Waals surface area contributed by atoms with E-state index in [0.717, 1.165) is 0 Å². The summed E-state index contributed by atoms with van der Waals surface area (Å²) in [6.45, 7) is 5.80. The van der Waals surface area contributed by atoms with Crippen molar-refractivity contribution in [3.63, 3.8) is 0 Å². The van der Waals surface area contributed by atoms with Gasteiger partial charge < -0.3 is 0 Å². The van der Waals surface area contributed by atoms with Crippen LogP contribution in [0.3, 0.4) is 0 Å². The highest BCUT2D eigenvalue weighted by Crippen LogP contribution is 2.13. The third-order valence-electron chi connectivity index (χ3n) is 6.07. The van der Waals surface area contributed by atoms with Crippen molar-refractivity contribution >= 4 is 0 Å². The molecule has 1 aromatic rings. The summed E-state index contributed by atoms with van der Waals surface area (Å²) in [6.07, 6.45) is 29.1. The van der Waals surface area contributed by atoms with Crippen LogP contribution in [0.1, 0.15) is 135 Å². The first-order valence-electron chi connectivity index (χ1n) is 12.9. The van der Waals surface area contributed by atoms with Gasteiger partial charge in [0.2, 0.25) is 0 Å². The van der Waals surface area contributed by atoms with E-state index in [9.17, 15) is 0 Å². The average Bonchev–Trinajstić information content (AvgIpc) is 2.72. The Morgan fingerprint density at radius 1 is 0.536 bits per heavy atom. The van der Waals surface area contributed by atoms with Crippen molar-refractivity contribution in [3.05, 3.63) is 30.1 Å². The van der Waals surface area contributed by atoms with Crippen molar-refractivity contribution in [2.45, 2.75) is 142 Å². The van der Waals surface area contributed by atoms with E-state index in [1.807, 2.05) is 0 Å². The average molecular weight is 389 g/mol.